The van der Waals surface area contributed by atoms with Crippen LogP contribution in [0.1, 0.15) is 6.92 Å². The van der Waals surface area contributed by atoms with Crippen LogP contribution < -0.4 is 10.5 Å². The molecule has 2 N–H and O–H groups in total. The molecule has 0 aliphatic rings. The Hall–Kier alpha value is -3.22. The molecule has 0 fully saturated rings. The molecule has 0 spiro atoms. The quantitative estimate of drug-likeness (QED) is 0.586. The van der Waals surface area contributed by atoms with E-state index >= 15 is 0 Å². The van der Waals surface area contributed by atoms with Gasteiger partial charge in [-0.25, -0.2) is 9.97 Å². The monoisotopic (exact) mass is 310 g/mol. The van der Waals surface area contributed by atoms with Crippen LogP contribution in [-0.2, 0) is 0 Å². The molecule has 0 amide bonds. The van der Waals surface area contributed by atoms with Crippen molar-refractivity contribution in [2.45, 2.75) is 6.92 Å². The van der Waals surface area contributed by atoms with Crippen molar-refractivity contribution in [2.75, 3.05) is 12.3 Å². The van der Waals surface area contributed by atoms with Crippen LogP contribution >= 0.6 is 0 Å². The maximum Gasteiger partial charge on any atom is 0.311 e. The van der Waals surface area contributed by atoms with E-state index < -0.39 is 4.92 Å². The Morgan fingerprint density at radius 1 is 1.22 bits per heavy atom. The van der Waals surface area contributed by atoms with Gasteiger partial charge < -0.3 is 10.5 Å². The lowest BCUT2D eigenvalue weighted by atomic mass is 10.0. The molecule has 2 aromatic carbocycles. The largest absolute Gasteiger partial charge is 0.487 e. The third-order valence-corrected chi connectivity index (χ3v) is 3.39. The number of nitrogens with two attached hydrogens (primary N) is 1. The van der Waals surface area contributed by atoms with E-state index in [1.54, 1.807) is 25.3 Å². The summed E-state index contributed by atoms with van der Waals surface area (Å²) in [4.78, 5) is 18.9. The van der Waals surface area contributed by atoms with Crippen LogP contribution in [0, 0.1) is 10.1 Å². The lowest BCUT2D eigenvalue weighted by Gasteiger charge is -2.07. The number of anilines is 1. The van der Waals surface area contributed by atoms with E-state index in [0.29, 0.717) is 6.61 Å². The Kier molecular flexibility index (Phi) is 3.76. The topological polar surface area (TPSA) is 104 Å². The van der Waals surface area contributed by atoms with Crippen molar-refractivity contribution < 1.29 is 9.66 Å². The number of nitrogens with zero attached hydrogens (tertiary/aromatic N) is 3. The van der Waals surface area contributed by atoms with Gasteiger partial charge in [0.2, 0.25) is 5.95 Å². The van der Waals surface area contributed by atoms with E-state index in [1.165, 1.54) is 6.07 Å². The molecule has 0 bridgehead atoms. The first-order valence-electron chi connectivity index (χ1n) is 7.02. The van der Waals surface area contributed by atoms with E-state index in [2.05, 4.69) is 9.97 Å². The number of nitro benzene ring substituents is 1. The Labute approximate surface area is 131 Å². The van der Waals surface area contributed by atoms with Gasteiger partial charge in [-0.3, -0.25) is 10.1 Å². The van der Waals surface area contributed by atoms with Gasteiger partial charge in [0.25, 0.3) is 0 Å². The summed E-state index contributed by atoms with van der Waals surface area (Å²) in [6.45, 7) is 2.15. The molecular weight excluding hydrogens is 296 g/mol. The van der Waals surface area contributed by atoms with E-state index in [9.17, 15) is 10.1 Å². The summed E-state index contributed by atoms with van der Waals surface area (Å²) >= 11 is 0. The first kappa shape index (κ1) is 14.7. The van der Waals surface area contributed by atoms with Gasteiger partial charge in [-0.1, -0.05) is 12.1 Å². The zero-order valence-corrected chi connectivity index (χ0v) is 12.4. The highest BCUT2D eigenvalue weighted by atomic mass is 16.6. The second-order valence-electron chi connectivity index (χ2n) is 4.87. The molecule has 3 aromatic rings. The third kappa shape index (κ3) is 2.89. The molecule has 0 aliphatic heterocycles. The number of hydrogen-bond donors (Lipinski definition) is 1. The van der Waals surface area contributed by atoms with Gasteiger partial charge in [0, 0.05) is 17.6 Å². The van der Waals surface area contributed by atoms with Crippen LogP contribution in [0.4, 0.5) is 11.6 Å². The molecule has 3 rings (SSSR count). The minimum Gasteiger partial charge on any atom is -0.487 e. The minimum absolute atomic E-state index is 0.0574. The first-order valence-corrected chi connectivity index (χ1v) is 7.02. The second kappa shape index (κ2) is 5.88. The number of nitro groups is 1. The lowest BCUT2D eigenvalue weighted by molar-refractivity contribution is -0.385. The van der Waals surface area contributed by atoms with Crippen LogP contribution in [0.5, 0.6) is 5.75 Å². The number of hydrogen-bond acceptors (Lipinski definition) is 6. The number of aromatic nitrogens is 2. The summed E-state index contributed by atoms with van der Waals surface area (Å²) in [5.41, 5.74) is 7.78. The molecule has 0 saturated heterocycles. The minimum atomic E-state index is -0.445. The van der Waals surface area contributed by atoms with Crippen molar-refractivity contribution in [2.24, 2.45) is 0 Å². The summed E-state index contributed by atoms with van der Waals surface area (Å²) in [6.07, 6.45) is 1.63. The molecule has 116 valence electrons. The summed E-state index contributed by atoms with van der Waals surface area (Å²) < 4.78 is 5.30. The molecule has 1 heterocycles. The fourth-order valence-electron chi connectivity index (χ4n) is 2.34. The van der Waals surface area contributed by atoms with Crippen molar-refractivity contribution in [3.05, 3.63) is 52.7 Å². The fraction of sp³-hybridized carbons (Fsp3) is 0.125. The zero-order valence-electron chi connectivity index (χ0n) is 12.4. The smallest absolute Gasteiger partial charge is 0.311 e. The van der Waals surface area contributed by atoms with Gasteiger partial charge in [0.1, 0.15) is 0 Å². The molecule has 0 aliphatic carbocycles. The van der Waals surface area contributed by atoms with Gasteiger partial charge in [-0.15, -0.1) is 0 Å². The maximum absolute atomic E-state index is 11.2. The molecular formula is C16H14N4O3. The van der Waals surface area contributed by atoms with Crippen molar-refractivity contribution in [1.29, 1.82) is 0 Å². The average Bonchev–Trinajstić information content (AvgIpc) is 2.55. The predicted octanol–water partition coefficient (Wildman–Crippen LogP) is 3.19. The Morgan fingerprint density at radius 3 is 2.70 bits per heavy atom. The second-order valence-corrected chi connectivity index (χ2v) is 4.87. The molecule has 7 nitrogen and oxygen atoms in total. The summed E-state index contributed by atoms with van der Waals surface area (Å²) in [5.74, 6) is 0.472. The predicted molar refractivity (Wildman–Crippen MR) is 87.2 cm³/mol. The van der Waals surface area contributed by atoms with Crippen molar-refractivity contribution >= 4 is 22.5 Å². The van der Waals surface area contributed by atoms with Gasteiger partial charge in [0.05, 0.1) is 17.0 Å². The standard InChI is InChI=1S/C16H14N4O3/c1-2-23-15-6-4-11(8-14(15)20(21)22)10-3-5-13-12(7-10)9-18-16(17)19-13/h3-9H,2H2,1H3,(H2,17,18,19). The summed E-state index contributed by atoms with van der Waals surface area (Å²) in [7, 11) is 0. The van der Waals surface area contributed by atoms with Gasteiger partial charge in [-0.2, -0.15) is 0 Å². The normalized spacial score (nSPS) is 10.7. The molecule has 0 saturated carbocycles. The third-order valence-electron chi connectivity index (χ3n) is 3.39. The van der Waals surface area contributed by atoms with Gasteiger partial charge in [-0.05, 0) is 36.2 Å². The number of ether oxygens (including phenoxy) is 1. The van der Waals surface area contributed by atoms with E-state index in [4.69, 9.17) is 10.5 Å². The molecule has 0 unspecified atom stereocenters. The van der Waals surface area contributed by atoms with Crippen LogP contribution in [0.2, 0.25) is 0 Å². The summed E-state index contributed by atoms with van der Waals surface area (Å²) in [6, 6.07) is 10.4. The number of nitrogen functional groups attached to an aromatic ring is 1. The van der Waals surface area contributed by atoms with Crippen molar-refractivity contribution in [1.82, 2.24) is 9.97 Å². The SMILES string of the molecule is CCOc1ccc(-c2ccc3nc(N)ncc3c2)cc1[N+](=O)[O-]. The van der Waals surface area contributed by atoms with Crippen molar-refractivity contribution in [3.8, 4) is 16.9 Å². The van der Waals surface area contributed by atoms with E-state index in [-0.39, 0.29) is 17.4 Å². The highest BCUT2D eigenvalue weighted by molar-refractivity contribution is 5.85. The average molecular weight is 310 g/mol. The Bertz CT molecular complexity index is 896. The van der Waals surface area contributed by atoms with Crippen LogP contribution in [0.15, 0.2) is 42.6 Å². The molecule has 7 heteroatoms. The van der Waals surface area contributed by atoms with Crippen LogP contribution in [0.25, 0.3) is 22.0 Å². The highest BCUT2D eigenvalue weighted by Crippen LogP contribution is 2.33. The van der Waals surface area contributed by atoms with Crippen molar-refractivity contribution in [3.63, 3.8) is 0 Å². The number of rotatable bonds is 4. The number of fused-ring (bicyclic) bond motifs is 1. The molecule has 1 aromatic heterocycles. The van der Waals surface area contributed by atoms with Crippen LogP contribution in [-0.4, -0.2) is 21.5 Å². The first-order chi connectivity index (χ1) is 11.1. The highest BCUT2D eigenvalue weighted by Gasteiger charge is 2.16. The number of benzene rings is 2. The molecule has 23 heavy (non-hydrogen) atoms. The molecule has 0 atom stereocenters. The Balaban J connectivity index is 2.09. The van der Waals surface area contributed by atoms with Gasteiger partial charge in [0.15, 0.2) is 5.75 Å². The molecule has 0 radical (unpaired) electrons. The van der Waals surface area contributed by atoms with Crippen LogP contribution in [0.3, 0.4) is 0 Å². The maximum atomic E-state index is 11.2. The summed E-state index contributed by atoms with van der Waals surface area (Å²) in [5, 5.41) is 12.0. The fourth-order valence-corrected chi connectivity index (χ4v) is 2.34. The van der Waals surface area contributed by atoms with Gasteiger partial charge >= 0.3 is 5.69 Å². The lowest BCUT2D eigenvalue weighted by Crippen LogP contribution is -1.98. The van der Waals surface area contributed by atoms with E-state index in [1.807, 2.05) is 18.2 Å². The Morgan fingerprint density at radius 2 is 1.96 bits per heavy atom. The van der Waals surface area contributed by atoms with E-state index in [0.717, 1.165) is 22.0 Å². The zero-order chi connectivity index (χ0) is 16.4.